The van der Waals surface area contributed by atoms with Crippen molar-refractivity contribution in [3.05, 3.63) is 0 Å². The van der Waals surface area contributed by atoms with Crippen LogP contribution in [-0.2, 0) is 0 Å². The summed E-state index contributed by atoms with van der Waals surface area (Å²) in [6.07, 6.45) is 2.58. The van der Waals surface area contributed by atoms with Gasteiger partial charge in [-0.15, -0.1) is 0 Å². The van der Waals surface area contributed by atoms with Crippen molar-refractivity contribution in [1.82, 2.24) is 10.2 Å². The van der Waals surface area contributed by atoms with Crippen LogP contribution in [0.2, 0.25) is 0 Å². The summed E-state index contributed by atoms with van der Waals surface area (Å²) in [6.45, 7) is 8.04. The SMILES string of the molecule is CC(C)C1CCSC(=NCC2CCN(C)C2)N1. The molecule has 2 atom stereocenters. The largest absolute Gasteiger partial charge is 0.362 e. The number of rotatable bonds is 3. The van der Waals surface area contributed by atoms with Crippen LogP contribution in [0.25, 0.3) is 0 Å². The van der Waals surface area contributed by atoms with Crippen LogP contribution >= 0.6 is 11.8 Å². The van der Waals surface area contributed by atoms with Crippen LogP contribution in [0.3, 0.4) is 0 Å². The predicted molar refractivity (Wildman–Crippen MR) is 76.7 cm³/mol. The minimum atomic E-state index is 0.626. The number of nitrogens with one attached hydrogen (secondary N) is 1. The van der Waals surface area contributed by atoms with E-state index in [9.17, 15) is 0 Å². The Morgan fingerprint density at radius 3 is 2.94 bits per heavy atom. The molecule has 1 N–H and O–H groups in total. The van der Waals surface area contributed by atoms with Crippen LogP contribution in [0.1, 0.15) is 26.7 Å². The van der Waals surface area contributed by atoms with Gasteiger partial charge in [-0.25, -0.2) is 0 Å². The number of thioether (sulfide) groups is 1. The van der Waals surface area contributed by atoms with Crippen molar-refractivity contribution in [2.45, 2.75) is 32.7 Å². The van der Waals surface area contributed by atoms with Crippen LogP contribution in [0.15, 0.2) is 4.99 Å². The highest BCUT2D eigenvalue weighted by Gasteiger charge is 2.22. The smallest absolute Gasteiger partial charge is 0.156 e. The molecule has 0 radical (unpaired) electrons. The molecule has 17 heavy (non-hydrogen) atoms. The van der Waals surface area contributed by atoms with Crippen molar-refractivity contribution in [1.29, 1.82) is 0 Å². The first-order chi connectivity index (χ1) is 8.15. The molecule has 0 aromatic rings. The third-order valence-corrected chi connectivity index (χ3v) is 4.72. The summed E-state index contributed by atoms with van der Waals surface area (Å²) >= 11 is 1.89. The van der Waals surface area contributed by atoms with E-state index in [2.05, 4.69) is 31.1 Å². The van der Waals surface area contributed by atoms with Gasteiger partial charge in [0.05, 0.1) is 0 Å². The van der Waals surface area contributed by atoms with Gasteiger partial charge < -0.3 is 10.2 Å². The number of aliphatic imine (C=N–C) groups is 1. The van der Waals surface area contributed by atoms with Gasteiger partial charge in [0.25, 0.3) is 0 Å². The highest BCUT2D eigenvalue weighted by Crippen LogP contribution is 2.20. The Labute approximate surface area is 109 Å². The summed E-state index contributed by atoms with van der Waals surface area (Å²) in [6, 6.07) is 0.626. The van der Waals surface area contributed by atoms with E-state index in [1.54, 1.807) is 0 Å². The van der Waals surface area contributed by atoms with Crippen LogP contribution in [0.5, 0.6) is 0 Å². The summed E-state index contributed by atoms with van der Waals surface area (Å²) in [5.41, 5.74) is 0. The molecule has 2 aliphatic rings. The van der Waals surface area contributed by atoms with Gasteiger partial charge >= 0.3 is 0 Å². The highest BCUT2D eigenvalue weighted by atomic mass is 32.2. The number of likely N-dealkylation sites (tertiary alicyclic amines) is 1. The van der Waals surface area contributed by atoms with Crippen molar-refractivity contribution in [3.8, 4) is 0 Å². The molecule has 2 unspecified atom stereocenters. The van der Waals surface area contributed by atoms with E-state index in [4.69, 9.17) is 4.99 Å². The molecule has 3 nitrogen and oxygen atoms in total. The summed E-state index contributed by atoms with van der Waals surface area (Å²) in [5, 5.41) is 4.77. The van der Waals surface area contributed by atoms with Gasteiger partial charge in [0.1, 0.15) is 0 Å². The summed E-state index contributed by atoms with van der Waals surface area (Å²) in [5.74, 6) is 2.70. The topological polar surface area (TPSA) is 27.6 Å². The van der Waals surface area contributed by atoms with Crippen LogP contribution in [0, 0.1) is 11.8 Å². The second-order valence-electron chi connectivity index (χ2n) is 5.69. The Kier molecular flexibility index (Phi) is 4.74. The fourth-order valence-corrected chi connectivity index (χ4v) is 3.50. The average Bonchev–Trinajstić information content (AvgIpc) is 2.73. The number of nitrogens with zero attached hydrogens (tertiary/aromatic N) is 2. The fourth-order valence-electron chi connectivity index (χ4n) is 2.53. The molecule has 0 aromatic heterocycles. The van der Waals surface area contributed by atoms with E-state index in [1.165, 1.54) is 36.9 Å². The third kappa shape index (κ3) is 3.88. The zero-order chi connectivity index (χ0) is 12.3. The van der Waals surface area contributed by atoms with E-state index in [0.29, 0.717) is 12.0 Å². The lowest BCUT2D eigenvalue weighted by atomic mass is 10.0. The Balaban J connectivity index is 1.80. The second-order valence-corrected chi connectivity index (χ2v) is 6.78. The lowest BCUT2D eigenvalue weighted by Crippen LogP contribution is -2.41. The first-order valence-electron chi connectivity index (χ1n) is 6.77. The standard InChI is InChI=1S/C13H25N3S/c1-10(2)12-5-7-17-13(15-12)14-8-11-4-6-16(3)9-11/h10-12H,4-9H2,1-3H3,(H,14,15). The van der Waals surface area contributed by atoms with Crippen molar-refractivity contribution in [2.75, 3.05) is 32.4 Å². The van der Waals surface area contributed by atoms with Crippen molar-refractivity contribution < 1.29 is 0 Å². The van der Waals surface area contributed by atoms with E-state index < -0.39 is 0 Å². The maximum atomic E-state index is 4.77. The van der Waals surface area contributed by atoms with Crippen molar-refractivity contribution in [2.24, 2.45) is 16.8 Å². The Morgan fingerprint density at radius 1 is 1.47 bits per heavy atom. The number of amidine groups is 1. The van der Waals surface area contributed by atoms with Gasteiger partial charge in [-0.2, -0.15) is 0 Å². The highest BCUT2D eigenvalue weighted by molar-refractivity contribution is 8.13. The molecule has 2 heterocycles. The average molecular weight is 255 g/mol. The molecule has 0 saturated carbocycles. The van der Waals surface area contributed by atoms with E-state index in [0.717, 1.165) is 12.5 Å². The molecule has 0 bridgehead atoms. The first kappa shape index (κ1) is 13.2. The first-order valence-corrected chi connectivity index (χ1v) is 7.76. The van der Waals surface area contributed by atoms with Crippen LogP contribution in [-0.4, -0.2) is 48.5 Å². The van der Waals surface area contributed by atoms with E-state index >= 15 is 0 Å². The number of hydrogen-bond donors (Lipinski definition) is 1. The van der Waals surface area contributed by atoms with Crippen molar-refractivity contribution in [3.63, 3.8) is 0 Å². The molecule has 2 aliphatic heterocycles. The molecule has 2 fully saturated rings. The fraction of sp³-hybridized carbons (Fsp3) is 0.923. The molecule has 2 rings (SSSR count). The molecule has 2 saturated heterocycles. The van der Waals surface area contributed by atoms with Gasteiger partial charge in [0, 0.05) is 24.9 Å². The van der Waals surface area contributed by atoms with Gasteiger partial charge in [-0.1, -0.05) is 25.6 Å². The zero-order valence-corrected chi connectivity index (χ0v) is 12.1. The normalized spacial score (nSPS) is 33.3. The quantitative estimate of drug-likeness (QED) is 0.836. The molecule has 4 heteroatoms. The van der Waals surface area contributed by atoms with Crippen LogP contribution in [0.4, 0.5) is 0 Å². The maximum Gasteiger partial charge on any atom is 0.156 e. The Hall–Kier alpha value is -0.220. The molecular weight excluding hydrogens is 230 g/mol. The lowest BCUT2D eigenvalue weighted by molar-refractivity contribution is 0.397. The van der Waals surface area contributed by atoms with Gasteiger partial charge in [0.15, 0.2) is 5.17 Å². The third-order valence-electron chi connectivity index (χ3n) is 3.76. The Bertz CT molecular complexity index is 278. The predicted octanol–water partition coefficient (Wildman–Crippen LogP) is 2.05. The lowest BCUT2D eigenvalue weighted by Gasteiger charge is -2.28. The molecule has 0 amide bonds. The minimum absolute atomic E-state index is 0.626. The summed E-state index contributed by atoms with van der Waals surface area (Å²) in [7, 11) is 2.20. The molecule has 0 aromatic carbocycles. The zero-order valence-electron chi connectivity index (χ0n) is 11.3. The maximum absolute atomic E-state index is 4.77. The van der Waals surface area contributed by atoms with Gasteiger partial charge in [0.2, 0.25) is 0 Å². The molecule has 98 valence electrons. The summed E-state index contributed by atoms with van der Waals surface area (Å²) < 4.78 is 0. The minimum Gasteiger partial charge on any atom is -0.362 e. The second kappa shape index (κ2) is 6.10. The number of hydrogen-bond acceptors (Lipinski definition) is 3. The Morgan fingerprint density at radius 2 is 2.29 bits per heavy atom. The van der Waals surface area contributed by atoms with E-state index in [-0.39, 0.29) is 0 Å². The molecule has 0 aliphatic carbocycles. The summed E-state index contributed by atoms with van der Waals surface area (Å²) in [4.78, 5) is 7.18. The van der Waals surface area contributed by atoms with Gasteiger partial charge in [-0.3, -0.25) is 4.99 Å². The van der Waals surface area contributed by atoms with E-state index in [1.807, 2.05) is 11.8 Å². The van der Waals surface area contributed by atoms with Crippen LogP contribution < -0.4 is 5.32 Å². The van der Waals surface area contributed by atoms with Crippen molar-refractivity contribution >= 4 is 16.9 Å². The monoisotopic (exact) mass is 255 g/mol. The van der Waals surface area contributed by atoms with Gasteiger partial charge in [-0.05, 0) is 38.3 Å². The molecular formula is C13H25N3S. The molecule has 0 spiro atoms.